The molecule has 0 saturated carbocycles. The Bertz CT molecular complexity index is 511. The number of carbonyl (C=O) groups is 1. The van der Waals surface area contributed by atoms with E-state index in [4.69, 9.17) is 5.11 Å². The molecule has 0 radical (unpaired) electrons. The van der Waals surface area contributed by atoms with Crippen LogP contribution in [-0.4, -0.2) is 25.2 Å². The molecule has 1 aliphatic carbocycles. The fourth-order valence-corrected chi connectivity index (χ4v) is 3.97. The van der Waals surface area contributed by atoms with Gasteiger partial charge in [-0.3, -0.25) is 4.79 Å². The van der Waals surface area contributed by atoms with Gasteiger partial charge in [-0.25, -0.2) is 13.1 Å². The highest BCUT2D eigenvalue weighted by atomic mass is 32.2. The van der Waals surface area contributed by atoms with Crippen molar-refractivity contribution >= 4 is 27.3 Å². The van der Waals surface area contributed by atoms with Gasteiger partial charge in [0.1, 0.15) is 0 Å². The Morgan fingerprint density at radius 1 is 1.47 bits per heavy atom. The molecule has 2 N–H and O–H groups in total. The molecule has 0 bridgehead atoms. The first kappa shape index (κ1) is 12.5. The summed E-state index contributed by atoms with van der Waals surface area (Å²) in [5, 5.41) is 8.43. The third-order valence-corrected chi connectivity index (χ3v) is 5.03. The second-order valence-electron chi connectivity index (χ2n) is 3.99. The summed E-state index contributed by atoms with van der Waals surface area (Å²) >= 11 is 1.61. The van der Waals surface area contributed by atoms with E-state index in [2.05, 4.69) is 4.72 Å². The van der Waals surface area contributed by atoms with E-state index in [-0.39, 0.29) is 6.54 Å². The number of fused-ring (bicyclic) bond motifs is 1. The number of hydrogen-bond acceptors (Lipinski definition) is 4. The number of nitrogens with one attached hydrogen (secondary N) is 1. The van der Waals surface area contributed by atoms with Crippen molar-refractivity contribution in [1.82, 2.24) is 4.72 Å². The first-order chi connectivity index (χ1) is 7.96. The van der Waals surface area contributed by atoms with Crippen molar-refractivity contribution in [3.8, 4) is 0 Å². The lowest BCUT2D eigenvalue weighted by molar-refractivity contribution is -0.134. The molecular weight excluding hydrogens is 262 g/mol. The SMILES string of the molecule is O=C(O)CS(=O)(=O)NCc1cc2c(s1)CCC2. The maximum absolute atomic E-state index is 11.3. The average molecular weight is 275 g/mol. The minimum absolute atomic E-state index is 0.188. The van der Waals surface area contributed by atoms with Gasteiger partial charge in [0.2, 0.25) is 10.0 Å². The van der Waals surface area contributed by atoms with Crippen molar-refractivity contribution in [2.75, 3.05) is 5.75 Å². The van der Waals surface area contributed by atoms with Gasteiger partial charge < -0.3 is 5.11 Å². The summed E-state index contributed by atoms with van der Waals surface area (Å²) in [5.41, 5.74) is 1.31. The quantitative estimate of drug-likeness (QED) is 0.830. The van der Waals surface area contributed by atoms with E-state index in [0.717, 1.165) is 17.7 Å². The molecule has 0 saturated heterocycles. The van der Waals surface area contributed by atoms with Gasteiger partial charge in [0.15, 0.2) is 5.75 Å². The Morgan fingerprint density at radius 3 is 2.88 bits per heavy atom. The van der Waals surface area contributed by atoms with Crippen LogP contribution in [0.25, 0.3) is 0 Å². The fraction of sp³-hybridized carbons (Fsp3) is 0.500. The summed E-state index contributed by atoms with van der Waals surface area (Å²) in [7, 11) is -3.71. The molecule has 1 aromatic rings. The van der Waals surface area contributed by atoms with E-state index in [1.807, 2.05) is 6.07 Å². The summed E-state index contributed by atoms with van der Waals surface area (Å²) in [4.78, 5) is 12.6. The third kappa shape index (κ3) is 3.27. The summed E-state index contributed by atoms with van der Waals surface area (Å²) in [6, 6.07) is 2.01. The number of rotatable bonds is 5. The van der Waals surface area contributed by atoms with E-state index >= 15 is 0 Å². The Labute approximate surface area is 104 Å². The number of carboxylic acids is 1. The fourth-order valence-electron chi connectivity index (χ4n) is 1.87. The molecule has 17 heavy (non-hydrogen) atoms. The van der Waals surface area contributed by atoms with E-state index in [1.165, 1.54) is 16.9 Å². The van der Waals surface area contributed by atoms with Gasteiger partial charge in [-0.15, -0.1) is 11.3 Å². The standard InChI is InChI=1S/C10H13NO4S2/c12-10(13)6-17(14,15)11-5-8-4-7-2-1-3-9(7)16-8/h4,11H,1-3,5-6H2,(H,12,13). The van der Waals surface area contributed by atoms with Crippen molar-refractivity contribution in [3.05, 3.63) is 21.4 Å². The van der Waals surface area contributed by atoms with Gasteiger partial charge in [0, 0.05) is 16.3 Å². The minimum atomic E-state index is -3.71. The van der Waals surface area contributed by atoms with Crippen molar-refractivity contribution in [2.45, 2.75) is 25.8 Å². The van der Waals surface area contributed by atoms with Gasteiger partial charge in [0.05, 0.1) is 0 Å². The topological polar surface area (TPSA) is 83.5 Å². The van der Waals surface area contributed by atoms with Crippen LogP contribution in [0.2, 0.25) is 0 Å². The average Bonchev–Trinajstić information content (AvgIpc) is 2.71. The zero-order chi connectivity index (χ0) is 12.5. The Hall–Kier alpha value is -0.920. The van der Waals surface area contributed by atoms with Crippen LogP contribution < -0.4 is 4.72 Å². The number of sulfonamides is 1. The number of thiophene rings is 1. The highest BCUT2D eigenvalue weighted by molar-refractivity contribution is 7.90. The predicted octanol–water partition coefficient (Wildman–Crippen LogP) is 0.741. The molecular formula is C10H13NO4S2. The number of carboxylic acid groups (broad SMARTS) is 1. The Kier molecular flexibility index (Phi) is 3.50. The van der Waals surface area contributed by atoms with Crippen LogP contribution in [-0.2, 0) is 34.2 Å². The molecule has 0 aliphatic heterocycles. The Balaban J connectivity index is 1.95. The van der Waals surface area contributed by atoms with Crippen LogP contribution in [0.5, 0.6) is 0 Å². The minimum Gasteiger partial charge on any atom is -0.480 e. The lowest BCUT2D eigenvalue weighted by Gasteiger charge is -2.02. The summed E-state index contributed by atoms with van der Waals surface area (Å²) in [6.07, 6.45) is 3.31. The monoisotopic (exact) mass is 275 g/mol. The van der Waals surface area contributed by atoms with Crippen LogP contribution in [0.15, 0.2) is 6.07 Å². The molecule has 1 aromatic heterocycles. The number of hydrogen-bond donors (Lipinski definition) is 2. The van der Waals surface area contributed by atoms with Crippen LogP contribution in [0.4, 0.5) is 0 Å². The molecule has 2 rings (SSSR count). The molecule has 0 atom stereocenters. The normalized spacial score (nSPS) is 14.8. The molecule has 0 unspecified atom stereocenters. The molecule has 0 aromatic carbocycles. The largest absolute Gasteiger partial charge is 0.480 e. The molecule has 1 heterocycles. The second-order valence-corrected chi connectivity index (χ2v) is 7.02. The highest BCUT2D eigenvalue weighted by Crippen LogP contribution is 2.30. The van der Waals surface area contributed by atoms with Gasteiger partial charge in [-0.05, 0) is 30.9 Å². The zero-order valence-electron chi connectivity index (χ0n) is 9.10. The maximum Gasteiger partial charge on any atom is 0.320 e. The maximum atomic E-state index is 11.3. The second kappa shape index (κ2) is 4.75. The van der Waals surface area contributed by atoms with Crippen molar-refractivity contribution in [2.24, 2.45) is 0 Å². The van der Waals surface area contributed by atoms with Crippen LogP contribution in [0.1, 0.15) is 21.7 Å². The number of aryl methyl sites for hydroxylation is 2. The third-order valence-electron chi connectivity index (χ3n) is 2.58. The lowest BCUT2D eigenvalue weighted by atomic mass is 10.2. The Morgan fingerprint density at radius 2 is 2.24 bits per heavy atom. The first-order valence-electron chi connectivity index (χ1n) is 5.26. The molecule has 0 fully saturated rings. The molecule has 1 aliphatic rings. The van der Waals surface area contributed by atoms with Gasteiger partial charge in [-0.2, -0.15) is 0 Å². The molecule has 5 nitrogen and oxygen atoms in total. The van der Waals surface area contributed by atoms with E-state index in [0.29, 0.717) is 0 Å². The zero-order valence-corrected chi connectivity index (χ0v) is 10.7. The summed E-state index contributed by atoms with van der Waals surface area (Å²) in [6.45, 7) is 0.188. The lowest BCUT2D eigenvalue weighted by Crippen LogP contribution is -2.29. The summed E-state index contributed by atoms with van der Waals surface area (Å²) < 4.78 is 24.9. The van der Waals surface area contributed by atoms with Gasteiger partial charge >= 0.3 is 5.97 Å². The van der Waals surface area contributed by atoms with Crippen molar-refractivity contribution in [1.29, 1.82) is 0 Å². The van der Waals surface area contributed by atoms with Crippen molar-refractivity contribution in [3.63, 3.8) is 0 Å². The first-order valence-corrected chi connectivity index (χ1v) is 7.73. The van der Waals surface area contributed by atoms with Crippen LogP contribution in [0, 0.1) is 0 Å². The van der Waals surface area contributed by atoms with Crippen LogP contribution >= 0.6 is 11.3 Å². The van der Waals surface area contributed by atoms with Gasteiger partial charge in [-0.1, -0.05) is 0 Å². The molecule has 0 spiro atoms. The molecule has 7 heteroatoms. The molecule has 0 amide bonds. The number of aliphatic carboxylic acids is 1. The highest BCUT2D eigenvalue weighted by Gasteiger charge is 2.18. The van der Waals surface area contributed by atoms with Crippen molar-refractivity contribution < 1.29 is 18.3 Å². The summed E-state index contributed by atoms with van der Waals surface area (Å²) in [5.74, 6) is -2.22. The molecule has 94 valence electrons. The van der Waals surface area contributed by atoms with E-state index in [1.54, 1.807) is 11.3 Å². The van der Waals surface area contributed by atoms with Gasteiger partial charge in [0.25, 0.3) is 0 Å². The smallest absolute Gasteiger partial charge is 0.320 e. The van der Waals surface area contributed by atoms with E-state index in [9.17, 15) is 13.2 Å². The predicted molar refractivity (Wildman–Crippen MR) is 64.6 cm³/mol. The van der Waals surface area contributed by atoms with Crippen LogP contribution in [0.3, 0.4) is 0 Å². The van der Waals surface area contributed by atoms with E-state index < -0.39 is 21.7 Å².